The fourth-order valence-corrected chi connectivity index (χ4v) is 7.33. The first kappa shape index (κ1) is 31.9. The maximum Gasteiger partial charge on any atom is 0.410 e. The van der Waals surface area contributed by atoms with E-state index in [2.05, 4.69) is 22.2 Å². The molecule has 1 N–H and O–H groups in total. The number of ether oxygens (including phenoxy) is 1. The summed E-state index contributed by atoms with van der Waals surface area (Å²) in [6.07, 6.45) is 2.28. The molecule has 45 heavy (non-hydrogen) atoms. The molecule has 0 aromatic heterocycles. The van der Waals surface area contributed by atoms with Gasteiger partial charge < -0.3 is 29.7 Å². The third-order valence-electron chi connectivity index (χ3n) is 9.78. The Balaban J connectivity index is 1.07. The van der Waals surface area contributed by atoms with E-state index in [0.29, 0.717) is 61.7 Å². The average molecular weight is 658 g/mol. The molecule has 10 nitrogen and oxygen atoms in total. The molecule has 0 radical (unpaired) electrons. The van der Waals surface area contributed by atoms with E-state index in [9.17, 15) is 14.4 Å². The van der Waals surface area contributed by atoms with Crippen molar-refractivity contribution in [1.29, 1.82) is 0 Å². The molecule has 4 heterocycles. The molecule has 6 rings (SSSR count). The summed E-state index contributed by atoms with van der Waals surface area (Å²) in [5.41, 5.74) is 2.70. The summed E-state index contributed by atoms with van der Waals surface area (Å²) >= 11 is 12.4. The SMILES string of the molecule is CN1CCC(N2CCN(C(=O)C(Cc3ccc(Cl)c(Cl)c3)OC(=O)N3CCC(N4Cc5ccccc5NC4=O)CC3)CC2)CC1. The number of nitrogens with zero attached hydrogens (tertiary/aromatic N) is 5. The highest BCUT2D eigenvalue weighted by molar-refractivity contribution is 6.42. The number of rotatable bonds is 6. The molecule has 2 aromatic carbocycles. The summed E-state index contributed by atoms with van der Waals surface area (Å²) in [5.74, 6) is -0.184. The van der Waals surface area contributed by atoms with Crippen molar-refractivity contribution in [2.45, 2.75) is 56.8 Å². The maximum atomic E-state index is 13.9. The predicted octanol–water partition coefficient (Wildman–Crippen LogP) is 4.79. The molecule has 0 bridgehead atoms. The minimum absolute atomic E-state index is 0.0110. The van der Waals surface area contributed by atoms with Crippen molar-refractivity contribution in [3.8, 4) is 0 Å². The lowest BCUT2D eigenvalue weighted by atomic mass is 10.0. The number of halogens is 2. The molecule has 0 spiro atoms. The van der Waals surface area contributed by atoms with Gasteiger partial charge in [0.15, 0.2) is 6.10 Å². The first-order valence-electron chi connectivity index (χ1n) is 16.0. The third kappa shape index (κ3) is 7.51. The second-order valence-electron chi connectivity index (χ2n) is 12.7. The Labute approximate surface area is 275 Å². The molecule has 12 heteroatoms. The van der Waals surface area contributed by atoms with Crippen molar-refractivity contribution in [3.05, 3.63) is 63.6 Å². The summed E-state index contributed by atoms with van der Waals surface area (Å²) in [6.45, 7) is 6.47. The molecular formula is C33H42Cl2N6O4. The number of anilines is 1. The van der Waals surface area contributed by atoms with Gasteiger partial charge in [0.25, 0.3) is 5.91 Å². The minimum atomic E-state index is -0.980. The number of fused-ring (bicyclic) bond motifs is 1. The van der Waals surface area contributed by atoms with Gasteiger partial charge in [0.1, 0.15) is 0 Å². The Morgan fingerprint density at radius 2 is 1.56 bits per heavy atom. The van der Waals surface area contributed by atoms with Crippen LogP contribution in [0.25, 0.3) is 0 Å². The van der Waals surface area contributed by atoms with Crippen LogP contribution in [0.4, 0.5) is 15.3 Å². The van der Waals surface area contributed by atoms with E-state index in [4.69, 9.17) is 27.9 Å². The lowest BCUT2D eigenvalue weighted by molar-refractivity contribution is -0.143. The normalized spacial score (nSPS) is 21.3. The fraction of sp³-hybridized carbons (Fsp3) is 0.545. The van der Waals surface area contributed by atoms with Crippen molar-refractivity contribution in [3.63, 3.8) is 0 Å². The molecule has 0 aliphatic carbocycles. The van der Waals surface area contributed by atoms with Crippen LogP contribution in [0.15, 0.2) is 42.5 Å². The van der Waals surface area contributed by atoms with Crippen molar-refractivity contribution >= 4 is 46.9 Å². The van der Waals surface area contributed by atoms with Crippen LogP contribution in [0, 0.1) is 0 Å². The molecule has 1 unspecified atom stereocenters. The monoisotopic (exact) mass is 656 g/mol. The van der Waals surface area contributed by atoms with E-state index < -0.39 is 12.2 Å². The zero-order valence-electron chi connectivity index (χ0n) is 25.8. The number of carbonyl (C=O) groups is 3. The Hall–Kier alpha value is -3.05. The lowest BCUT2D eigenvalue weighted by Crippen LogP contribution is -2.56. The first-order valence-corrected chi connectivity index (χ1v) is 16.8. The molecule has 0 saturated carbocycles. The molecule has 4 amide bonds. The molecule has 4 aliphatic rings. The Bertz CT molecular complexity index is 1390. The van der Waals surface area contributed by atoms with E-state index in [1.807, 2.05) is 40.1 Å². The van der Waals surface area contributed by atoms with Crippen molar-refractivity contribution in [2.75, 3.05) is 64.7 Å². The number of para-hydroxylation sites is 1. The molecule has 242 valence electrons. The summed E-state index contributed by atoms with van der Waals surface area (Å²) in [6, 6.07) is 13.5. The number of piperidine rings is 2. The summed E-state index contributed by atoms with van der Waals surface area (Å²) in [4.78, 5) is 50.4. The number of benzene rings is 2. The highest BCUT2D eigenvalue weighted by atomic mass is 35.5. The van der Waals surface area contributed by atoms with Gasteiger partial charge in [-0.25, -0.2) is 9.59 Å². The van der Waals surface area contributed by atoms with Gasteiger partial charge in [0.05, 0.1) is 10.0 Å². The van der Waals surface area contributed by atoms with Gasteiger partial charge in [0.2, 0.25) is 0 Å². The average Bonchev–Trinajstić information content (AvgIpc) is 3.06. The van der Waals surface area contributed by atoms with Crippen molar-refractivity contribution < 1.29 is 19.1 Å². The smallest absolute Gasteiger partial charge is 0.410 e. The van der Waals surface area contributed by atoms with Crippen LogP contribution in [0.1, 0.15) is 36.8 Å². The second-order valence-corrected chi connectivity index (χ2v) is 13.5. The van der Waals surface area contributed by atoms with E-state index >= 15 is 0 Å². The summed E-state index contributed by atoms with van der Waals surface area (Å²) in [5, 5.41) is 3.80. The van der Waals surface area contributed by atoms with Gasteiger partial charge >= 0.3 is 12.1 Å². The number of urea groups is 1. The molecule has 3 saturated heterocycles. The number of nitrogens with one attached hydrogen (secondary N) is 1. The Morgan fingerprint density at radius 1 is 0.867 bits per heavy atom. The van der Waals surface area contributed by atoms with E-state index in [-0.39, 0.29) is 24.4 Å². The van der Waals surface area contributed by atoms with Gasteiger partial charge in [0, 0.05) is 70.0 Å². The zero-order chi connectivity index (χ0) is 31.5. The first-order chi connectivity index (χ1) is 21.7. The fourth-order valence-electron chi connectivity index (χ4n) is 7.00. The topological polar surface area (TPSA) is 88.7 Å². The predicted molar refractivity (Wildman–Crippen MR) is 175 cm³/mol. The molecule has 2 aromatic rings. The second kappa shape index (κ2) is 14.2. The Morgan fingerprint density at radius 3 is 2.27 bits per heavy atom. The number of carbonyl (C=O) groups excluding carboxylic acids is 3. The van der Waals surface area contributed by atoms with Gasteiger partial charge in [-0.3, -0.25) is 9.69 Å². The van der Waals surface area contributed by atoms with Gasteiger partial charge in [-0.1, -0.05) is 47.5 Å². The number of amides is 4. The van der Waals surface area contributed by atoms with Crippen LogP contribution in [-0.4, -0.2) is 120 Å². The molecule has 1 atom stereocenters. The van der Waals surface area contributed by atoms with E-state index in [0.717, 1.165) is 55.8 Å². The van der Waals surface area contributed by atoms with Crippen LogP contribution in [0.3, 0.4) is 0 Å². The Kier molecular flexibility index (Phi) is 10.0. The van der Waals surface area contributed by atoms with Crippen LogP contribution in [0.2, 0.25) is 10.0 Å². The van der Waals surface area contributed by atoms with Gasteiger partial charge in [-0.2, -0.15) is 0 Å². The number of hydrogen-bond donors (Lipinski definition) is 1. The number of hydrogen-bond acceptors (Lipinski definition) is 6. The van der Waals surface area contributed by atoms with Gasteiger partial charge in [-0.05, 0) is 75.1 Å². The van der Waals surface area contributed by atoms with E-state index in [1.165, 1.54) is 0 Å². The van der Waals surface area contributed by atoms with Crippen molar-refractivity contribution in [1.82, 2.24) is 24.5 Å². The number of likely N-dealkylation sites (tertiary alicyclic amines) is 2. The lowest BCUT2D eigenvalue weighted by Gasteiger charge is -2.43. The summed E-state index contributed by atoms with van der Waals surface area (Å²) in [7, 11) is 2.16. The van der Waals surface area contributed by atoms with Crippen LogP contribution < -0.4 is 5.32 Å². The molecule has 3 fully saturated rings. The van der Waals surface area contributed by atoms with E-state index in [1.54, 1.807) is 17.0 Å². The standard InChI is InChI=1S/C33H42Cl2N6O4/c1-37-12-8-25(9-13-37)38-16-18-39(19-17-38)31(42)30(21-23-6-7-27(34)28(35)20-23)45-33(44)40-14-10-26(11-15-40)41-22-24-4-2-3-5-29(24)36-32(41)43/h2-7,20,25-26,30H,8-19,21-22H2,1H3,(H,36,43). The third-order valence-corrected chi connectivity index (χ3v) is 10.5. The van der Waals surface area contributed by atoms with Crippen LogP contribution >= 0.6 is 23.2 Å². The largest absolute Gasteiger partial charge is 0.436 e. The quantitative estimate of drug-likeness (QED) is 0.481. The van der Waals surface area contributed by atoms with Crippen molar-refractivity contribution in [2.24, 2.45) is 0 Å². The zero-order valence-corrected chi connectivity index (χ0v) is 27.3. The summed E-state index contributed by atoms with van der Waals surface area (Å²) < 4.78 is 5.99. The highest BCUT2D eigenvalue weighted by Gasteiger charge is 2.36. The number of piperazine rings is 1. The maximum absolute atomic E-state index is 13.9. The van der Waals surface area contributed by atoms with Crippen LogP contribution in [0.5, 0.6) is 0 Å². The highest BCUT2D eigenvalue weighted by Crippen LogP contribution is 2.29. The van der Waals surface area contributed by atoms with Crippen LogP contribution in [-0.2, 0) is 22.5 Å². The molecule has 4 aliphatic heterocycles. The van der Waals surface area contributed by atoms with Gasteiger partial charge in [-0.15, -0.1) is 0 Å². The molecular weight excluding hydrogens is 615 g/mol. The minimum Gasteiger partial charge on any atom is -0.436 e.